The number of nitrogens with one attached hydrogen (secondary N) is 2. The second-order valence-electron chi connectivity index (χ2n) is 9.03. The van der Waals surface area contributed by atoms with Gasteiger partial charge in [0.25, 0.3) is 0 Å². The number of likely N-dealkylation sites (tertiary alicyclic amines) is 1. The van der Waals surface area contributed by atoms with Crippen molar-refractivity contribution >= 4 is 29.9 Å². The van der Waals surface area contributed by atoms with E-state index in [-0.39, 0.29) is 30.0 Å². The number of aromatic nitrogens is 2. The van der Waals surface area contributed by atoms with Gasteiger partial charge in [-0.1, -0.05) is 30.7 Å². The summed E-state index contributed by atoms with van der Waals surface area (Å²) in [7, 11) is 3.84. The van der Waals surface area contributed by atoms with Gasteiger partial charge < -0.3 is 10.6 Å². The number of hydrogen-bond donors (Lipinski definition) is 2. The van der Waals surface area contributed by atoms with Crippen LogP contribution in [0.2, 0.25) is 0 Å². The van der Waals surface area contributed by atoms with Gasteiger partial charge in [0.1, 0.15) is 0 Å². The van der Waals surface area contributed by atoms with Gasteiger partial charge in [-0.05, 0) is 70.2 Å². The zero-order valence-electron chi connectivity index (χ0n) is 20.6. The number of piperidine rings is 1. The number of hydrogen-bond acceptors (Lipinski definition) is 3. The molecule has 1 aromatic heterocycles. The first kappa shape index (κ1) is 26.6. The Morgan fingerprint density at radius 2 is 1.94 bits per heavy atom. The summed E-state index contributed by atoms with van der Waals surface area (Å²) in [6.45, 7) is 11.8. The third kappa shape index (κ3) is 6.94. The maximum Gasteiger partial charge on any atom is 0.191 e. The Kier molecular flexibility index (Phi) is 10.5. The molecule has 0 bridgehead atoms. The van der Waals surface area contributed by atoms with E-state index < -0.39 is 0 Å². The maximum atomic E-state index is 4.54. The minimum atomic E-state index is 0. The summed E-state index contributed by atoms with van der Waals surface area (Å²) in [6.07, 6.45) is 4.91. The molecule has 3 rings (SSSR count). The number of benzene rings is 1. The maximum absolute atomic E-state index is 4.54. The smallest absolute Gasteiger partial charge is 0.191 e. The van der Waals surface area contributed by atoms with Crippen molar-refractivity contribution < 1.29 is 0 Å². The fourth-order valence-electron chi connectivity index (χ4n) is 4.57. The van der Waals surface area contributed by atoms with E-state index in [1.54, 1.807) is 0 Å². The molecule has 0 spiro atoms. The number of nitrogens with zero attached hydrogens (tertiary/aromatic N) is 4. The molecule has 7 heteroatoms. The van der Waals surface area contributed by atoms with Crippen LogP contribution < -0.4 is 10.6 Å². The molecule has 0 aliphatic carbocycles. The van der Waals surface area contributed by atoms with Crippen LogP contribution in [0.1, 0.15) is 61.2 Å². The van der Waals surface area contributed by atoms with Gasteiger partial charge in [0.15, 0.2) is 5.96 Å². The molecule has 0 amide bonds. The summed E-state index contributed by atoms with van der Waals surface area (Å²) in [5.74, 6) is 0.841. The lowest BCUT2D eigenvalue weighted by atomic mass is 10.0. The minimum absolute atomic E-state index is 0. The Bertz CT molecular complexity index is 891. The van der Waals surface area contributed by atoms with Gasteiger partial charge in [-0.25, -0.2) is 0 Å². The lowest BCUT2D eigenvalue weighted by molar-refractivity contribution is 0.152. The highest BCUT2D eigenvalue weighted by Gasteiger charge is 2.19. The van der Waals surface area contributed by atoms with Crippen LogP contribution in [0.15, 0.2) is 29.3 Å². The summed E-state index contributed by atoms with van der Waals surface area (Å²) in [5.41, 5.74) is 6.41. The highest BCUT2D eigenvalue weighted by atomic mass is 127. The number of rotatable bonds is 7. The Labute approximate surface area is 211 Å². The summed E-state index contributed by atoms with van der Waals surface area (Å²) in [6, 6.07) is 9.72. The summed E-state index contributed by atoms with van der Waals surface area (Å²) < 4.78 is 1.96. The molecule has 2 heterocycles. The lowest BCUT2D eigenvalue weighted by Crippen LogP contribution is -2.43. The molecule has 1 aromatic carbocycles. The van der Waals surface area contributed by atoms with Crippen molar-refractivity contribution in [1.82, 2.24) is 25.3 Å². The van der Waals surface area contributed by atoms with Gasteiger partial charge in [0.2, 0.25) is 0 Å². The van der Waals surface area contributed by atoms with E-state index in [4.69, 9.17) is 0 Å². The van der Waals surface area contributed by atoms with Crippen molar-refractivity contribution in [3.8, 4) is 0 Å². The normalized spacial score (nSPS) is 18.2. The molecule has 2 unspecified atom stereocenters. The van der Waals surface area contributed by atoms with Crippen LogP contribution in [0.25, 0.3) is 0 Å². The van der Waals surface area contributed by atoms with Crippen molar-refractivity contribution in [2.75, 3.05) is 13.6 Å². The average molecular weight is 553 g/mol. The van der Waals surface area contributed by atoms with Crippen LogP contribution >= 0.6 is 24.0 Å². The van der Waals surface area contributed by atoms with Crippen molar-refractivity contribution in [2.24, 2.45) is 12.0 Å². The average Bonchev–Trinajstić information content (AvgIpc) is 2.99. The van der Waals surface area contributed by atoms with Gasteiger partial charge in [0.05, 0.1) is 5.69 Å². The quantitative estimate of drug-likeness (QED) is 0.305. The van der Waals surface area contributed by atoms with E-state index in [0.29, 0.717) is 6.04 Å². The van der Waals surface area contributed by atoms with Gasteiger partial charge >= 0.3 is 0 Å². The molecule has 6 nitrogen and oxygen atoms in total. The monoisotopic (exact) mass is 552 g/mol. The Morgan fingerprint density at radius 1 is 1.22 bits per heavy atom. The van der Waals surface area contributed by atoms with Crippen molar-refractivity contribution in [3.63, 3.8) is 0 Å². The van der Waals surface area contributed by atoms with Crippen LogP contribution in [0, 0.1) is 13.8 Å². The second-order valence-corrected chi connectivity index (χ2v) is 9.03. The number of aryl methyl sites for hydroxylation is 2. The largest absolute Gasteiger partial charge is 0.354 e. The molecule has 1 aliphatic rings. The fraction of sp³-hybridized carbons (Fsp3) is 0.600. The molecule has 2 N–H and O–H groups in total. The van der Waals surface area contributed by atoms with Crippen molar-refractivity contribution in [3.05, 3.63) is 52.3 Å². The second kappa shape index (κ2) is 12.6. The molecule has 0 saturated carbocycles. The zero-order chi connectivity index (χ0) is 22.4. The highest BCUT2D eigenvalue weighted by molar-refractivity contribution is 14.0. The molecule has 1 fully saturated rings. The number of guanidine groups is 1. The fourth-order valence-corrected chi connectivity index (χ4v) is 4.57. The van der Waals surface area contributed by atoms with E-state index in [9.17, 15) is 0 Å². The minimum Gasteiger partial charge on any atom is -0.354 e. The topological polar surface area (TPSA) is 57.5 Å². The van der Waals surface area contributed by atoms with E-state index in [2.05, 4.69) is 77.6 Å². The van der Waals surface area contributed by atoms with Gasteiger partial charge in [-0.15, -0.1) is 24.0 Å². The van der Waals surface area contributed by atoms with E-state index in [1.165, 1.54) is 48.2 Å². The molecule has 1 aliphatic heterocycles. The van der Waals surface area contributed by atoms with Gasteiger partial charge in [-0.2, -0.15) is 5.10 Å². The standard InChI is InChI=1S/C25H40N6.HI/c1-18(15-24-20(3)29-30(6)21(24)4)28-25(26-5)27-16-22-12-7-8-13-23(22)17-31-14-10-9-11-19(31)2;/h7-8,12-13,18-19H,9-11,14-17H2,1-6H3,(H2,26,27,28);1H. The van der Waals surface area contributed by atoms with Crippen molar-refractivity contribution in [2.45, 2.75) is 78.6 Å². The van der Waals surface area contributed by atoms with Crippen LogP contribution in [-0.4, -0.2) is 46.3 Å². The highest BCUT2D eigenvalue weighted by Crippen LogP contribution is 2.21. The van der Waals surface area contributed by atoms with Crippen LogP contribution in [-0.2, 0) is 26.6 Å². The first-order valence-electron chi connectivity index (χ1n) is 11.7. The predicted molar refractivity (Wildman–Crippen MR) is 145 cm³/mol. The van der Waals surface area contributed by atoms with Crippen LogP contribution in [0.3, 0.4) is 0 Å². The van der Waals surface area contributed by atoms with Gasteiger partial charge in [-0.3, -0.25) is 14.6 Å². The SMILES string of the molecule is CN=C(NCc1ccccc1CN1CCCCC1C)NC(C)Cc1c(C)nn(C)c1C.I. The van der Waals surface area contributed by atoms with Crippen LogP contribution in [0.4, 0.5) is 0 Å². The number of halogens is 1. The molecule has 0 radical (unpaired) electrons. The Hall–Kier alpha value is -1.61. The third-order valence-electron chi connectivity index (χ3n) is 6.65. The molecule has 2 aromatic rings. The first-order chi connectivity index (χ1) is 14.9. The number of aliphatic imine (C=N–C) groups is 1. The molecular formula is C25H41IN6. The zero-order valence-corrected chi connectivity index (χ0v) is 22.9. The summed E-state index contributed by atoms with van der Waals surface area (Å²) in [5, 5.41) is 11.6. The van der Waals surface area contributed by atoms with E-state index in [1.807, 2.05) is 18.8 Å². The Morgan fingerprint density at radius 3 is 2.56 bits per heavy atom. The third-order valence-corrected chi connectivity index (χ3v) is 6.65. The lowest BCUT2D eigenvalue weighted by Gasteiger charge is -2.33. The first-order valence-corrected chi connectivity index (χ1v) is 11.7. The molecule has 2 atom stereocenters. The van der Waals surface area contributed by atoms with E-state index >= 15 is 0 Å². The molecule has 178 valence electrons. The summed E-state index contributed by atoms with van der Waals surface area (Å²) >= 11 is 0. The van der Waals surface area contributed by atoms with Gasteiger partial charge in [0, 0.05) is 45.0 Å². The van der Waals surface area contributed by atoms with Crippen molar-refractivity contribution in [1.29, 1.82) is 0 Å². The molecular weight excluding hydrogens is 511 g/mol. The predicted octanol–water partition coefficient (Wildman–Crippen LogP) is 4.33. The summed E-state index contributed by atoms with van der Waals surface area (Å²) in [4.78, 5) is 7.08. The van der Waals surface area contributed by atoms with E-state index in [0.717, 1.165) is 31.2 Å². The van der Waals surface area contributed by atoms with Crippen LogP contribution in [0.5, 0.6) is 0 Å². The molecule has 32 heavy (non-hydrogen) atoms. The Balaban J connectivity index is 0.00000363. The molecule has 1 saturated heterocycles.